The molecule has 0 saturated carbocycles. The van der Waals surface area contributed by atoms with Crippen molar-refractivity contribution in [3.05, 3.63) is 35.4 Å². The lowest BCUT2D eigenvalue weighted by molar-refractivity contribution is 0.220. The van der Waals surface area contributed by atoms with E-state index in [9.17, 15) is 0 Å². The van der Waals surface area contributed by atoms with E-state index >= 15 is 0 Å². The molecule has 2 N–H and O–H groups in total. The van der Waals surface area contributed by atoms with Crippen LogP contribution < -0.4 is 5.73 Å². The molecule has 1 aromatic carbocycles. The number of rotatable bonds is 3. The molecule has 1 heterocycles. The quantitative estimate of drug-likeness (QED) is 0.845. The molecule has 2 nitrogen and oxygen atoms in total. The lowest BCUT2D eigenvalue weighted by atomic mass is 10.0. The molecule has 1 fully saturated rings. The molecule has 1 aliphatic heterocycles. The van der Waals surface area contributed by atoms with Gasteiger partial charge in [0.15, 0.2) is 0 Å². The van der Waals surface area contributed by atoms with Crippen molar-refractivity contribution in [2.75, 3.05) is 13.1 Å². The summed E-state index contributed by atoms with van der Waals surface area (Å²) < 4.78 is 0. The summed E-state index contributed by atoms with van der Waals surface area (Å²) in [6.45, 7) is 5.62. The van der Waals surface area contributed by atoms with Gasteiger partial charge in [0.25, 0.3) is 0 Å². The van der Waals surface area contributed by atoms with Gasteiger partial charge in [-0.3, -0.25) is 4.90 Å². The molecule has 0 spiro atoms. The van der Waals surface area contributed by atoms with Crippen molar-refractivity contribution in [3.63, 3.8) is 0 Å². The van der Waals surface area contributed by atoms with Crippen LogP contribution in [0.4, 0.5) is 0 Å². The van der Waals surface area contributed by atoms with E-state index in [1.54, 1.807) is 0 Å². The Hall–Kier alpha value is -0.860. The first kappa shape index (κ1) is 11.6. The molecular weight excluding hydrogens is 196 g/mol. The van der Waals surface area contributed by atoms with Gasteiger partial charge >= 0.3 is 0 Å². The second-order valence-electron chi connectivity index (χ2n) is 4.82. The van der Waals surface area contributed by atoms with Crippen molar-refractivity contribution in [2.24, 2.45) is 5.73 Å². The number of nitrogens with zero attached hydrogens (tertiary/aromatic N) is 1. The van der Waals surface area contributed by atoms with E-state index in [4.69, 9.17) is 5.73 Å². The molecule has 2 heteroatoms. The summed E-state index contributed by atoms with van der Waals surface area (Å²) in [4.78, 5) is 2.55. The van der Waals surface area contributed by atoms with Crippen LogP contribution in [-0.2, 0) is 6.54 Å². The van der Waals surface area contributed by atoms with Crippen molar-refractivity contribution in [2.45, 2.75) is 38.8 Å². The molecule has 16 heavy (non-hydrogen) atoms. The molecule has 0 bridgehead atoms. The first-order valence-electron chi connectivity index (χ1n) is 6.33. The standard InChI is InChI=1S/C14H22N2/c1-12(15)14-8-4-3-7-13(14)11-16-9-5-2-6-10-16/h3-4,7-8,12H,2,5-6,9-11,15H2,1H3. The van der Waals surface area contributed by atoms with Crippen molar-refractivity contribution >= 4 is 0 Å². The molecule has 1 saturated heterocycles. The number of piperidine rings is 1. The fraction of sp³-hybridized carbons (Fsp3) is 0.571. The topological polar surface area (TPSA) is 29.3 Å². The van der Waals surface area contributed by atoms with E-state index in [1.807, 2.05) is 0 Å². The monoisotopic (exact) mass is 218 g/mol. The minimum atomic E-state index is 0.140. The van der Waals surface area contributed by atoms with E-state index in [0.29, 0.717) is 0 Å². The smallest absolute Gasteiger partial charge is 0.0269 e. The van der Waals surface area contributed by atoms with Crippen molar-refractivity contribution in [1.82, 2.24) is 4.90 Å². The lowest BCUT2D eigenvalue weighted by Crippen LogP contribution is -2.29. The molecule has 0 aromatic heterocycles. The van der Waals surface area contributed by atoms with Gasteiger partial charge < -0.3 is 5.73 Å². The number of likely N-dealkylation sites (tertiary alicyclic amines) is 1. The Morgan fingerprint density at radius 3 is 2.56 bits per heavy atom. The maximum absolute atomic E-state index is 6.00. The first-order chi connectivity index (χ1) is 7.77. The predicted octanol–water partition coefficient (Wildman–Crippen LogP) is 2.69. The second-order valence-corrected chi connectivity index (χ2v) is 4.82. The Morgan fingerprint density at radius 2 is 1.88 bits per heavy atom. The maximum atomic E-state index is 6.00. The molecule has 2 rings (SSSR count). The van der Waals surface area contributed by atoms with E-state index in [0.717, 1.165) is 6.54 Å². The summed E-state index contributed by atoms with van der Waals surface area (Å²) in [6, 6.07) is 8.71. The third-order valence-electron chi connectivity index (χ3n) is 3.39. The van der Waals surface area contributed by atoms with Gasteiger partial charge in [-0.1, -0.05) is 30.7 Å². The van der Waals surface area contributed by atoms with Crippen molar-refractivity contribution < 1.29 is 0 Å². The van der Waals surface area contributed by atoms with E-state index < -0.39 is 0 Å². The highest BCUT2D eigenvalue weighted by Crippen LogP contribution is 2.19. The average Bonchev–Trinajstić information content (AvgIpc) is 2.31. The Balaban J connectivity index is 2.07. The largest absolute Gasteiger partial charge is 0.324 e. The van der Waals surface area contributed by atoms with E-state index in [-0.39, 0.29) is 6.04 Å². The SMILES string of the molecule is CC(N)c1ccccc1CN1CCCCC1. The Morgan fingerprint density at radius 1 is 1.19 bits per heavy atom. The third kappa shape index (κ3) is 2.83. The minimum absolute atomic E-state index is 0.140. The van der Waals surface area contributed by atoms with Gasteiger partial charge in [-0.15, -0.1) is 0 Å². The summed E-state index contributed by atoms with van der Waals surface area (Å²) in [5, 5.41) is 0. The average molecular weight is 218 g/mol. The molecule has 0 aliphatic carbocycles. The van der Waals surface area contributed by atoms with Gasteiger partial charge in [-0.05, 0) is 44.0 Å². The highest BCUT2D eigenvalue weighted by atomic mass is 15.1. The van der Waals surface area contributed by atoms with Gasteiger partial charge in [0.05, 0.1) is 0 Å². The Kier molecular flexibility index (Phi) is 3.97. The van der Waals surface area contributed by atoms with Gasteiger partial charge in [-0.25, -0.2) is 0 Å². The van der Waals surface area contributed by atoms with Crippen LogP contribution in [0.3, 0.4) is 0 Å². The van der Waals surface area contributed by atoms with Crippen molar-refractivity contribution in [1.29, 1.82) is 0 Å². The predicted molar refractivity (Wildman–Crippen MR) is 68.2 cm³/mol. The van der Waals surface area contributed by atoms with Crippen LogP contribution >= 0.6 is 0 Å². The summed E-state index contributed by atoms with van der Waals surface area (Å²) in [7, 11) is 0. The van der Waals surface area contributed by atoms with Gasteiger partial charge in [0, 0.05) is 12.6 Å². The Labute approximate surface area is 98.4 Å². The second kappa shape index (κ2) is 5.46. The van der Waals surface area contributed by atoms with Crippen LogP contribution in [0.1, 0.15) is 43.4 Å². The lowest BCUT2D eigenvalue weighted by Gasteiger charge is -2.27. The zero-order valence-electron chi connectivity index (χ0n) is 10.2. The molecular formula is C14H22N2. The van der Waals surface area contributed by atoms with Crippen LogP contribution in [0.5, 0.6) is 0 Å². The number of nitrogens with two attached hydrogens (primary N) is 1. The summed E-state index contributed by atoms with van der Waals surface area (Å²) in [6.07, 6.45) is 4.09. The molecule has 1 atom stereocenters. The minimum Gasteiger partial charge on any atom is -0.324 e. The fourth-order valence-electron chi connectivity index (χ4n) is 2.48. The summed E-state index contributed by atoms with van der Waals surface area (Å²) in [5.41, 5.74) is 8.70. The number of hydrogen-bond donors (Lipinski definition) is 1. The van der Waals surface area contributed by atoms with Crippen LogP contribution in [-0.4, -0.2) is 18.0 Å². The van der Waals surface area contributed by atoms with Crippen LogP contribution in [0.15, 0.2) is 24.3 Å². The summed E-state index contributed by atoms with van der Waals surface area (Å²) in [5.74, 6) is 0. The maximum Gasteiger partial charge on any atom is 0.0269 e. The molecule has 1 aliphatic rings. The number of hydrogen-bond acceptors (Lipinski definition) is 2. The van der Waals surface area contributed by atoms with Gasteiger partial charge in [0.2, 0.25) is 0 Å². The molecule has 0 amide bonds. The molecule has 0 radical (unpaired) electrons. The van der Waals surface area contributed by atoms with Crippen LogP contribution in [0, 0.1) is 0 Å². The van der Waals surface area contributed by atoms with Crippen molar-refractivity contribution in [3.8, 4) is 0 Å². The number of benzene rings is 1. The highest BCUT2D eigenvalue weighted by Gasteiger charge is 2.13. The molecule has 88 valence electrons. The first-order valence-corrected chi connectivity index (χ1v) is 6.33. The molecule has 1 aromatic rings. The van der Waals surface area contributed by atoms with Crippen LogP contribution in [0.25, 0.3) is 0 Å². The fourth-order valence-corrected chi connectivity index (χ4v) is 2.48. The zero-order valence-corrected chi connectivity index (χ0v) is 10.2. The van der Waals surface area contributed by atoms with E-state index in [2.05, 4.69) is 36.1 Å². The van der Waals surface area contributed by atoms with E-state index in [1.165, 1.54) is 43.5 Å². The highest BCUT2D eigenvalue weighted by molar-refractivity contribution is 5.29. The third-order valence-corrected chi connectivity index (χ3v) is 3.39. The van der Waals surface area contributed by atoms with Gasteiger partial charge in [-0.2, -0.15) is 0 Å². The molecule has 1 unspecified atom stereocenters. The Bertz CT molecular complexity index is 327. The zero-order chi connectivity index (χ0) is 11.4. The van der Waals surface area contributed by atoms with Gasteiger partial charge in [0.1, 0.15) is 0 Å². The summed E-state index contributed by atoms with van der Waals surface area (Å²) >= 11 is 0. The normalized spacial score (nSPS) is 19.6. The van der Waals surface area contributed by atoms with Crippen LogP contribution in [0.2, 0.25) is 0 Å².